The highest BCUT2D eigenvalue weighted by molar-refractivity contribution is 5.79. The molecule has 2 N–H and O–H groups in total. The Kier molecular flexibility index (Phi) is 4.06. The number of terminal acetylenes is 1. The molecule has 1 amide bonds. The molecule has 2 saturated carbocycles. The lowest BCUT2D eigenvalue weighted by Gasteiger charge is -2.30. The van der Waals surface area contributed by atoms with Gasteiger partial charge >= 0.3 is 0 Å². The van der Waals surface area contributed by atoms with Crippen molar-refractivity contribution in [2.75, 3.05) is 13.1 Å². The molecule has 0 atom stereocenters. The summed E-state index contributed by atoms with van der Waals surface area (Å²) in [5.74, 6) is 3.75. The molecule has 2 fully saturated rings. The normalized spacial score (nSPS) is 28.5. The van der Waals surface area contributed by atoms with Crippen LogP contribution in [-0.4, -0.2) is 29.9 Å². The highest BCUT2D eigenvalue weighted by atomic mass is 16.2. The predicted octanol–water partition coefficient (Wildman–Crippen LogP) is 1.38. The van der Waals surface area contributed by atoms with Crippen LogP contribution in [0, 0.1) is 24.2 Å². The van der Waals surface area contributed by atoms with Crippen LogP contribution in [0.2, 0.25) is 0 Å². The summed E-state index contributed by atoms with van der Waals surface area (Å²) < 4.78 is 0. The number of nitrogens with two attached hydrogens (primary N) is 1. The van der Waals surface area contributed by atoms with Gasteiger partial charge < -0.3 is 10.6 Å². The fraction of sp³-hybridized carbons (Fsp3) is 0.786. The molecule has 0 aromatic rings. The molecule has 3 nitrogen and oxygen atoms in total. The third kappa shape index (κ3) is 3.47. The number of carbonyl (C=O) groups excluding carboxylic acids is 1. The molecule has 0 aromatic heterocycles. The van der Waals surface area contributed by atoms with E-state index in [0.717, 1.165) is 32.2 Å². The van der Waals surface area contributed by atoms with E-state index >= 15 is 0 Å². The van der Waals surface area contributed by atoms with Gasteiger partial charge in [-0.3, -0.25) is 4.79 Å². The maximum atomic E-state index is 12.3. The Labute approximate surface area is 104 Å². The van der Waals surface area contributed by atoms with Gasteiger partial charge in [-0.05, 0) is 44.4 Å². The fourth-order valence-corrected chi connectivity index (χ4v) is 2.58. The Morgan fingerprint density at radius 2 is 1.88 bits per heavy atom. The Morgan fingerprint density at radius 1 is 1.24 bits per heavy atom. The molecule has 0 bridgehead atoms. The zero-order valence-electron chi connectivity index (χ0n) is 10.4. The molecule has 17 heavy (non-hydrogen) atoms. The molecule has 2 rings (SSSR count). The second-order valence-electron chi connectivity index (χ2n) is 5.48. The van der Waals surface area contributed by atoms with E-state index in [4.69, 9.17) is 12.2 Å². The molecular weight excluding hydrogens is 212 g/mol. The van der Waals surface area contributed by atoms with Crippen molar-refractivity contribution in [1.29, 1.82) is 0 Å². The molecule has 0 aromatic carbocycles. The van der Waals surface area contributed by atoms with Gasteiger partial charge in [0.05, 0.1) is 6.54 Å². The summed E-state index contributed by atoms with van der Waals surface area (Å²) in [6.07, 6.45) is 11.7. The van der Waals surface area contributed by atoms with Gasteiger partial charge in [-0.15, -0.1) is 6.42 Å². The van der Waals surface area contributed by atoms with E-state index < -0.39 is 0 Å². The highest BCUT2D eigenvalue weighted by Gasteiger charge is 2.31. The van der Waals surface area contributed by atoms with Crippen molar-refractivity contribution in [3.05, 3.63) is 0 Å². The maximum Gasteiger partial charge on any atom is 0.226 e. The monoisotopic (exact) mass is 234 g/mol. The zero-order valence-corrected chi connectivity index (χ0v) is 10.4. The molecule has 0 unspecified atom stereocenters. The van der Waals surface area contributed by atoms with Crippen molar-refractivity contribution in [2.24, 2.45) is 17.6 Å². The Hall–Kier alpha value is -1.01. The summed E-state index contributed by atoms with van der Waals surface area (Å²) in [4.78, 5) is 14.2. The van der Waals surface area contributed by atoms with Crippen molar-refractivity contribution in [3.8, 4) is 12.3 Å². The van der Waals surface area contributed by atoms with Crippen LogP contribution in [0.4, 0.5) is 0 Å². The minimum absolute atomic E-state index is 0.168. The van der Waals surface area contributed by atoms with Crippen LogP contribution in [0.5, 0.6) is 0 Å². The van der Waals surface area contributed by atoms with Crippen LogP contribution >= 0.6 is 0 Å². The zero-order chi connectivity index (χ0) is 12.3. The summed E-state index contributed by atoms with van der Waals surface area (Å²) in [6, 6.07) is 0.295. The lowest BCUT2D eigenvalue weighted by molar-refractivity contribution is -0.136. The third-order valence-corrected chi connectivity index (χ3v) is 3.89. The molecule has 0 aliphatic heterocycles. The van der Waals surface area contributed by atoms with Crippen LogP contribution < -0.4 is 5.73 Å². The van der Waals surface area contributed by atoms with Gasteiger partial charge in [0, 0.05) is 18.5 Å². The first-order chi connectivity index (χ1) is 8.20. The van der Waals surface area contributed by atoms with E-state index in [2.05, 4.69) is 5.92 Å². The van der Waals surface area contributed by atoms with Crippen LogP contribution in [0.3, 0.4) is 0 Å². The first-order valence-electron chi connectivity index (χ1n) is 6.68. The van der Waals surface area contributed by atoms with Crippen LogP contribution in [0.25, 0.3) is 0 Å². The number of rotatable bonds is 4. The smallest absolute Gasteiger partial charge is 0.226 e. The Balaban J connectivity index is 1.88. The van der Waals surface area contributed by atoms with Crippen molar-refractivity contribution in [2.45, 2.75) is 44.6 Å². The number of hydrogen-bond donors (Lipinski definition) is 1. The van der Waals surface area contributed by atoms with Crippen LogP contribution in [-0.2, 0) is 4.79 Å². The predicted molar refractivity (Wildman–Crippen MR) is 68.1 cm³/mol. The van der Waals surface area contributed by atoms with Crippen LogP contribution in [0.1, 0.15) is 38.5 Å². The van der Waals surface area contributed by atoms with E-state index in [9.17, 15) is 4.79 Å². The van der Waals surface area contributed by atoms with Gasteiger partial charge in [0.1, 0.15) is 0 Å². The fourth-order valence-electron chi connectivity index (χ4n) is 2.58. The largest absolute Gasteiger partial charge is 0.331 e. The third-order valence-electron chi connectivity index (χ3n) is 3.89. The van der Waals surface area contributed by atoms with Gasteiger partial charge in [0.15, 0.2) is 0 Å². The molecular formula is C14H22N2O. The summed E-state index contributed by atoms with van der Waals surface area (Å²) >= 11 is 0. The van der Waals surface area contributed by atoms with Crippen molar-refractivity contribution >= 4 is 5.91 Å². The lowest BCUT2D eigenvalue weighted by Crippen LogP contribution is -2.40. The molecule has 2 aliphatic carbocycles. The molecule has 0 radical (unpaired) electrons. The molecule has 0 heterocycles. The molecule has 0 spiro atoms. The van der Waals surface area contributed by atoms with Crippen molar-refractivity contribution in [3.63, 3.8) is 0 Å². The van der Waals surface area contributed by atoms with E-state index in [1.165, 1.54) is 12.8 Å². The van der Waals surface area contributed by atoms with E-state index in [0.29, 0.717) is 18.5 Å². The average molecular weight is 234 g/mol. The van der Waals surface area contributed by atoms with Crippen molar-refractivity contribution < 1.29 is 4.79 Å². The Morgan fingerprint density at radius 3 is 2.41 bits per heavy atom. The number of carbonyl (C=O) groups is 1. The minimum Gasteiger partial charge on any atom is -0.331 e. The quantitative estimate of drug-likeness (QED) is 0.747. The van der Waals surface area contributed by atoms with E-state index in [1.54, 1.807) is 0 Å². The molecule has 3 heteroatoms. The topological polar surface area (TPSA) is 46.3 Å². The van der Waals surface area contributed by atoms with E-state index in [-0.39, 0.29) is 11.8 Å². The minimum atomic E-state index is 0.168. The molecule has 2 aliphatic rings. The number of hydrogen-bond acceptors (Lipinski definition) is 2. The van der Waals surface area contributed by atoms with Gasteiger partial charge in [0.25, 0.3) is 0 Å². The second-order valence-corrected chi connectivity index (χ2v) is 5.48. The van der Waals surface area contributed by atoms with Crippen molar-refractivity contribution in [1.82, 2.24) is 4.90 Å². The average Bonchev–Trinajstić information content (AvgIpc) is 3.13. The first kappa shape index (κ1) is 12.4. The highest BCUT2D eigenvalue weighted by Crippen LogP contribution is 2.31. The second kappa shape index (κ2) is 5.55. The van der Waals surface area contributed by atoms with E-state index in [1.807, 2.05) is 4.90 Å². The Bertz CT molecular complexity index is 309. The molecule has 94 valence electrons. The molecule has 0 saturated heterocycles. The summed E-state index contributed by atoms with van der Waals surface area (Å²) in [5, 5.41) is 0. The van der Waals surface area contributed by atoms with Gasteiger partial charge in [-0.2, -0.15) is 0 Å². The van der Waals surface area contributed by atoms with Gasteiger partial charge in [-0.25, -0.2) is 0 Å². The first-order valence-corrected chi connectivity index (χ1v) is 6.68. The lowest BCUT2D eigenvalue weighted by atomic mass is 9.85. The summed E-state index contributed by atoms with van der Waals surface area (Å²) in [5.41, 5.74) is 5.87. The number of amides is 1. The SMILES string of the molecule is C#CCN(CC1CC1)C(=O)C1CCC(N)CC1. The summed E-state index contributed by atoms with van der Waals surface area (Å²) in [7, 11) is 0. The summed E-state index contributed by atoms with van der Waals surface area (Å²) in [6.45, 7) is 1.34. The van der Waals surface area contributed by atoms with Gasteiger partial charge in [-0.1, -0.05) is 5.92 Å². The maximum absolute atomic E-state index is 12.3. The van der Waals surface area contributed by atoms with Gasteiger partial charge in [0.2, 0.25) is 5.91 Å². The number of nitrogens with zero attached hydrogens (tertiary/aromatic N) is 1. The van der Waals surface area contributed by atoms with Crippen LogP contribution in [0.15, 0.2) is 0 Å². The standard InChI is InChI=1S/C14H22N2O/c1-2-9-16(10-11-3-4-11)14(17)12-5-7-13(15)8-6-12/h1,11-13H,3-10,15H2.